The van der Waals surface area contributed by atoms with E-state index in [0.717, 1.165) is 5.56 Å². The van der Waals surface area contributed by atoms with E-state index in [2.05, 4.69) is 11.7 Å². The van der Waals surface area contributed by atoms with E-state index in [4.69, 9.17) is 13.7 Å². The standard InChI is InChI=1S/C25H20N2O5/c1-4-10-30-17-7-5-6-16(13-17)22-21-23(28)18-11-14(2)8-9-19(18)31-24(21)25(29)27(22)20-12-15(3)32-26-20/h4-9,11-13,22H,1,10H2,2-3H3. The molecule has 1 aliphatic heterocycles. The van der Waals surface area contributed by atoms with Crippen molar-refractivity contribution in [1.29, 1.82) is 0 Å². The number of ether oxygens (including phenoxy) is 1. The molecule has 0 radical (unpaired) electrons. The molecule has 1 unspecified atom stereocenters. The SMILES string of the molecule is C=CCOc1cccc(C2c3c(oc4ccc(C)cc4c3=O)C(=O)N2c2cc(C)on2)c1. The largest absolute Gasteiger partial charge is 0.490 e. The summed E-state index contributed by atoms with van der Waals surface area (Å²) < 4.78 is 16.9. The van der Waals surface area contributed by atoms with Gasteiger partial charge in [-0.15, -0.1) is 0 Å². The lowest BCUT2D eigenvalue weighted by Gasteiger charge is -2.22. The molecule has 0 bridgehead atoms. The Labute approximate surface area is 183 Å². The first-order valence-electron chi connectivity index (χ1n) is 10.2. The molecule has 0 N–H and O–H groups in total. The van der Waals surface area contributed by atoms with Crippen LogP contribution in [0.4, 0.5) is 5.82 Å². The molecule has 4 aromatic rings. The molecule has 7 heteroatoms. The van der Waals surface area contributed by atoms with Crippen molar-refractivity contribution in [2.75, 3.05) is 11.5 Å². The number of aromatic nitrogens is 1. The minimum Gasteiger partial charge on any atom is -0.490 e. The van der Waals surface area contributed by atoms with Gasteiger partial charge in [-0.1, -0.05) is 41.6 Å². The van der Waals surface area contributed by atoms with Crippen molar-refractivity contribution < 1.29 is 18.5 Å². The summed E-state index contributed by atoms with van der Waals surface area (Å²) in [6.07, 6.45) is 1.65. The first kappa shape index (κ1) is 19.8. The highest BCUT2D eigenvalue weighted by Crippen LogP contribution is 2.41. The van der Waals surface area contributed by atoms with Gasteiger partial charge < -0.3 is 13.7 Å². The average Bonchev–Trinajstić information content (AvgIpc) is 3.34. The predicted molar refractivity (Wildman–Crippen MR) is 119 cm³/mol. The molecule has 0 saturated carbocycles. The van der Waals surface area contributed by atoms with Gasteiger partial charge in [-0.25, -0.2) is 0 Å². The van der Waals surface area contributed by atoms with Crippen molar-refractivity contribution in [3.63, 3.8) is 0 Å². The third kappa shape index (κ3) is 3.10. The van der Waals surface area contributed by atoms with Crippen LogP contribution >= 0.6 is 0 Å². The molecule has 0 spiro atoms. The number of carbonyl (C=O) groups excluding carboxylic acids is 1. The fraction of sp³-hybridized carbons (Fsp3) is 0.160. The lowest BCUT2D eigenvalue weighted by Crippen LogP contribution is -2.29. The lowest BCUT2D eigenvalue weighted by atomic mass is 9.98. The number of hydrogen-bond acceptors (Lipinski definition) is 6. The predicted octanol–water partition coefficient (Wildman–Crippen LogP) is 4.71. The van der Waals surface area contributed by atoms with E-state index in [1.807, 2.05) is 31.2 Å². The molecule has 3 heterocycles. The molecule has 160 valence electrons. The van der Waals surface area contributed by atoms with Crippen LogP contribution in [-0.4, -0.2) is 17.7 Å². The zero-order valence-electron chi connectivity index (χ0n) is 17.6. The normalized spacial score (nSPS) is 15.2. The Bertz CT molecular complexity index is 1430. The zero-order valence-corrected chi connectivity index (χ0v) is 17.6. The van der Waals surface area contributed by atoms with Gasteiger partial charge >= 0.3 is 0 Å². The number of hydrogen-bond donors (Lipinski definition) is 0. The van der Waals surface area contributed by atoms with Crippen molar-refractivity contribution in [2.24, 2.45) is 0 Å². The van der Waals surface area contributed by atoms with E-state index in [1.54, 1.807) is 37.3 Å². The average molecular weight is 428 g/mol. The minimum absolute atomic E-state index is 0.00872. The van der Waals surface area contributed by atoms with Crippen LogP contribution in [-0.2, 0) is 0 Å². The summed E-state index contributed by atoms with van der Waals surface area (Å²) in [5.41, 5.74) is 2.01. The maximum atomic E-state index is 13.6. The third-order valence-electron chi connectivity index (χ3n) is 5.43. The number of nitrogens with zero attached hydrogens (tertiary/aromatic N) is 2. The van der Waals surface area contributed by atoms with Gasteiger partial charge in [0.15, 0.2) is 11.2 Å². The second kappa shape index (κ2) is 7.53. The van der Waals surface area contributed by atoms with Crippen LogP contribution in [0.25, 0.3) is 11.0 Å². The Balaban J connectivity index is 1.77. The van der Waals surface area contributed by atoms with E-state index in [-0.39, 0.29) is 16.8 Å². The van der Waals surface area contributed by atoms with Crippen LogP contribution in [0.1, 0.15) is 39.0 Å². The number of benzene rings is 2. The molecule has 2 aromatic heterocycles. The zero-order chi connectivity index (χ0) is 22.4. The first-order valence-corrected chi connectivity index (χ1v) is 10.2. The van der Waals surface area contributed by atoms with Crippen LogP contribution in [0.2, 0.25) is 0 Å². The Kier molecular flexibility index (Phi) is 4.66. The molecule has 0 fully saturated rings. The summed E-state index contributed by atoms with van der Waals surface area (Å²) >= 11 is 0. The second-order valence-electron chi connectivity index (χ2n) is 7.72. The minimum atomic E-state index is -0.740. The van der Waals surface area contributed by atoms with Crippen molar-refractivity contribution in [3.05, 3.63) is 99.6 Å². The molecule has 0 saturated heterocycles. The fourth-order valence-electron chi connectivity index (χ4n) is 4.03. The Morgan fingerprint density at radius 1 is 1.16 bits per heavy atom. The van der Waals surface area contributed by atoms with Gasteiger partial charge in [0.2, 0.25) is 5.76 Å². The van der Waals surface area contributed by atoms with Crippen LogP contribution < -0.4 is 15.1 Å². The van der Waals surface area contributed by atoms with Gasteiger partial charge in [0.05, 0.1) is 17.0 Å². The second-order valence-corrected chi connectivity index (χ2v) is 7.72. The van der Waals surface area contributed by atoms with Crippen LogP contribution in [0.3, 0.4) is 0 Å². The van der Waals surface area contributed by atoms with Gasteiger partial charge in [0.25, 0.3) is 5.91 Å². The van der Waals surface area contributed by atoms with E-state index in [9.17, 15) is 9.59 Å². The molecule has 5 rings (SSSR count). The first-order chi connectivity index (χ1) is 15.5. The summed E-state index contributed by atoms with van der Waals surface area (Å²) in [4.78, 5) is 28.5. The Morgan fingerprint density at radius 3 is 2.75 bits per heavy atom. The topological polar surface area (TPSA) is 85.8 Å². The molecule has 32 heavy (non-hydrogen) atoms. The monoisotopic (exact) mass is 428 g/mol. The van der Waals surface area contributed by atoms with Crippen molar-refractivity contribution in [1.82, 2.24) is 5.16 Å². The quantitative estimate of drug-likeness (QED) is 0.428. The van der Waals surface area contributed by atoms with Gasteiger partial charge in [-0.2, -0.15) is 0 Å². The highest BCUT2D eigenvalue weighted by molar-refractivity contribution is 6.10. The van der Waals surface area contributed by atoms with Crippen LogP contribution in [0, 0.1) is 13.8 Å². The van der Waals surface area contributed by atoms with E-state index in [0.29, 0.717) is 40.5 Å². The van der Waals surface area contributed by atoms with Crippen molar-refractivity contribution >= 4 is 22.7 Å². The van der Waals surface area contributed by atoms with Crippen molar-refractivity contribution in [3.8, 4) is 5.75 Å². The molecule has 1 atom stereocenters. The number of carbonyl (C=O) groups is 1. The smallest absolute Gasteiger partial charge is 0.296 e. The fourth-order valence-corrected chi connectivity index (χ4v) is 4.03. The third-order valence-corrected chi connectivity index (χ3v) is 5.43. The molecule has 7 nitrogen and oxygen atoms in total. The molecule has 2 aromatic carbocycles. The molecule has 0 aliphatic carbocycles. The van der Waals surface area contributed by atoms with Gasteiger partial charge in [-0.05, 0) is 43.7 Å². The lowest BCUT2D eigenvalue weighted by molar-refractivity contribution is 0.0969. The Morgan fingerprint density at radius 2 is 2.00 bits per heavy atom. The van der Waals surface area contributed by atoms with E-state index >= 15 is 0 Å². The maximum Gasteiger partial charge on any atom is 0.296 e. The summed E-state index contributed by atoms with van der Waals surface area (Å²) in [7, 11) is 0. The summed E-state index contributed by atoms with van der Waals surface area (Å²) in [6, 6.07) is 13.5. The van der Waals surface area contributed by atoms with Crippen LogP contribution in [0.5, 0.6) is 5.75 Å². The Hall–Kier alpha value is -4.13. The van der Waals surface area contributed by atoms with E-state index < -0.39 is 11.9 Å². The molecule has 1 amide bonds. The summed E-state index contributed by atoms with van der Waals surface area (Å²) in [5, 5.41) is 4.46. The van der Waals surface area contributed by atoms with Gasteiger partial charge in [0.1, 0.15) is 23.7 Å². The van der Waals surface area contributed by atoms with Gasteiger partial charge in [-0.3, -0.25) is 14.5 Å². The van der Waals surface area contributed by atoms with Gasteiger partial charge in [0, 0.05) is 6.07 Å². The highest BCUT2D eigenvalue weighted by atomic mass is 16.5. The number of amides is 1. The number of rotatable bonds is 5. The highest BCUT2D eigenvalue weighted by Gasteiger charge is 2.45. The molecule has 1 aliphatic rings. The maximum absolute atomic E-state index is 13.6. The van der Waals surface area contributed by atoms with E-state index in [1.165, 1.54) is 4.90 Å². The summed E-state index contributed by atoms with van der Waals surface area (Å²) in [5.74, 6) is 1.01. The number of anilines is 1. The number of fused-ring (bicyclic) bond motifs is 2. The van der Waals surface area contributed by atoms with Crippen LogP contribution in [0.15, 0.2) is 74.9 Å². The molecular weight excluding hydrogens is 408 g/mol. The summed E-state index contributed by atoms with van der Waals surface area (Å²) in [6.45, 7) is 7.64. The number of aryl methyl sites for hydroxylation is 2. The van der Waals surface area contributed by atoms with Crippen molar-refractivity contribution in [2.45, 2.75) is 19.9 Å². The molecular formula is C25H20N2O5.